The van der Waals surface area contributed by atoms with Crippen molar-refractivity contribution in [1.29, 1.82) is 0 Å². The average Bonchev–Trinajstić information content (AvgIpc) is 2.18. The minimum atomic E-state index is -0.831. The molecule has 0 aromatic carbocycles. The Morgan fingerprint density at radius 3 is 2.88 bits per heavy atom. The summed E-state index contributed by atoms with van der Waals surface area (Å²) < 4.78 is 5.15. The highest BCUT2D eigenvalue weighted by Gasteiger charge is 2.29. The molecule has 0 aromatic rings. The predicted octanol–water partition coefficient (Wildman–Crippen LogP) is 0.735. The molecular formula is C11H19NO4. The average molecular weight is 229 g/mol. The van der Waals surface area contributed by atoms with Crippen LogP contribution in [0.3, 0.4) is 0 Å². The highest BCUT2D eigenvalue weighted by molar-refractivity contribution is 5.78. The summed E-state index contributed by atoms with van der Waals surface area (Å²) in [6, 6.07) is -0.0836. The van der Waals surface area contributed by atoms with Crippen molar-refractivity contribution >= 4 is 11.9 Å². The summed E-state index contributed by atoms with van der Waals surface area (Å²) in [7, 11) is 0. The molecule has 1 fully saturated rings. The van der Waals surface area contributed by atoms with Crippen LogP contribution in [0.5, 0.6) is 0 Å². The van der Waals surface area contributed by atoms with Crippen molar-refractivity contribution in [3.63, 3.8) is 0 Å². The lowest BCUT2D eigenvalue weighted by atomic mass is 10.1. The van der Waals surface area contributed by atoms with Gasteiger partial charge in [0.15, 0.2) is 0 Å². The second kappa shape index (κ2) is 5.84. The lowest BCUT2D eigenvalue weighted by molar-refractivity contribution is -0.150. The fraction of sp³-hybridized carbons (Fsp3) is 0.818. The fourth-order valence-corrected chi connectivity index (χ4v) is 1.83. The Bertz CT molecular complexity index is 265. The van der Waals surface area contributed by atoms with Gasteiger partial charge in [-0.15, -0.1) is 0 Å². The molecule has 1 aliphatic rings. The van der Waals surface area contributed by atoms with Gasteiger partial charge in [0.2, 0.25) is 5.91 Å². The van der Waals surface area contributed by atoms with Crippen LogP contribution in [-0.2, 0) is 14.3 Å². The molecule has 5 nitrogen and oxygen atoms in total. The first-order valence-corrected chi connectivity index (χ1v) is 5.59. The van der Waals surface area contributed by atoms with Gasteiger partial charge in [-0.2, -0.15) is 0 Å². The number of morpholine rings is 1. The number of carboxylic acids is 1. The minimum Gasteiger partial charge on any atom is -0.481 e. The molecule has 0 aromatic heterocycles. The number of hydrogen-bond acceptors (Lipinski definition) is 3. The van der Waals surface area contributed by atoms with Crippen LogP contribution >= 0.6 is 0 Å². The molecule has 5 heteroatoms. The number of rotatable bonds is 5. The maximum absolute atomic E-state index is 11.6. The van der Waals surface area contributed by atoms with Gasteiger partial charge in [0.05, 0.1) is 12.6 Å². The molecule has 1 saturated heterocycles. The van der Waals surface area contributed by atoms with Crippen LogP contribution in [0.15, 0.2) is 0 Å². The molecule has 1 rings (SSSR count). The van der Waals surface area contributed by atoms with Crippen LogP contribution in [-0.4, -0.2) is 47.7 Å². The van der Waals surface area contributed by atoms with Crippen LogP contribution in [0, 0.1) is 5.92 Å². The summed E-state index contributed by atoms with van der Waals surface area (Å²) in [5, 5.41) is 8.63. The molecular weight excluding hydrogens is 210 g/mol. The topological polar surface area (TPSA) is 66.8 Å². The number of aliphatic carboxylic acids is 1. The molecule has 0 bridgehead atoms. The predicted molar refractivity (Wildman–Crippen MR) is 58.0 cm³/mol. The summed E-state index contributed by atoms with van der Waals surface area (Å²) in [5.74, 6) is -0.479. The Hall–Kier alpha value is -1.10. The van der Waals surface area contributed by atoms with Crippen molar-refractivity contribution in [2.45, 2.75) is 32.7 Å². The number of carbonyl (C=O) groups excluding carboxylic acids is 1. The second-order valence-electron chi connectivity index (χ2n) is 4.54. The Kier molecular flexibility index (Phi) is 4.73. The Balaban J connectivity index is 2.55. The van der Waals surface area contributed by atoms with Gasteiger partial charge in [-0.1, -0.05) is 13.8 Å². The SMILES string of the molecule is CC(C)CN1C(=O)COCC1CCC(=O)O. The van der Waals surface area contributed by atoms with Crippen LogP contribution in [0.4, 0.5) is 0 Å². The molecule has 0 radical (unpaired) electrons. The lowest BCUT2D eigenvalue weighted by Crippen LogP contribution is -2.50. The molecule has 92 valence electrons. The van der Waals surface area contributed by atoms with Crippen LogP contribution in [0.1, 0.15) is 26.7 Å². The third-order valence-electron chi connectivity index (χ3n) is 2.55. The van der Waals surface area contributed by atoms with E-state index in [9.17, 15) is 9.59 Å². The monoisotopic (exact) mass is 229 g/mol. The van der Waals surface area contributed by atoms with Crippen molar-refractivity contribution in [2.24, 2.45) is 5.92 Å². The van der Waals surface area contributed by atoms with E-state index < -0.39 is 5.97 Å². The van der Waals surface area contributed by atoms with Gasteiger partial charge < -0.3 is 14.7 Å². The number of carbonyl (C=O) groups is 2. The minimum absolute atomic E-state index is 0.0321. The van der Waals surface area contributed by atoms with E-state index in [1.807, 2.05) is 13.8 Å². The van der Waals surface area contributed by atoms with Crippen LogP contribution in [0.25, 0.3) is 0 Å². The number of nitrogens with zero attached hydrogens (tertiary/aromatic N) is 1. The maximum Gasteiger partial charge on any atom is 0.303 e. The highest BCUT2D eigenvalue weighted by atomic mass is 16.5. The second-order valence-corrected chi connectivity index (χ2v) is 4.54. The van der Waals surface area contributed by atoms with E-state index in [1.54, 1.807) is 4.90 Å². The number of hydrogen-bond donors (Lipinski definition) is 1. The van der Waals surface area contributed by atoms with Gasteiger partial charge in [0, 0.05) is 13.0 Å². The zero-order chi connectivity index (χ0) is 12.1. The first-order valence-electron chi connectivity index (χ1n) is 5.59. The standard InChI is InChI=1S/C11H19NO4/c1-8(2)5-12-9(3-4-11(14)15)6-16-7-10(12)13/h8-9H,3-7H2,1-2H3,(H,14,15). The van der Waals surface area contributed by atoms with Gasteiger partial charge in [-0.25, -0.2) is 0 Å². The molecule has 1 aliphatic heterocycles. The molecule has 0 aliphatic carbocycles. The van der Waals surface area contributed by atoms with E-state index >= 15 is 0 Å². The van der Waals surface area contributed by atoms with Crippen molar-refractivity contribution in [2.75, 3.05) is 19.8 Å². The maximum atomic E-state index is 11.6. The normalized spacial score (nSPS) is 21.6. The zero-order valence-electron chi connectivity index (χ0n) is 9.81. The van der Waals surface area contributed by atoms with Crippen LogP contribution in [0.2, 0.25) is 0 Å². The number of carboxylic acid groups (broad SMARTS) is 1. The van der Waals surface area contributed by atoms with Gasteiger partial charge in [-0.05, 0) is 12.3 Å². The van der Waals surface area contributed by atoms with E-state index in [4.69, 9.17) is 9.84 Å². The van der Waals surface area contributed by atoms with E-state index in [0.717, 1.165) is 0 Å². The van der Waals surface area contributed by atoms with E-state index in [1.165, 1.54) is 0 Å². The number of ether oxygens (including phenoxy) is 1. The van der Waals surface area contributed by atoms with E-state index in [-0.39, 0.29) is 25.0 Å². The zero-order valence-corrected chi connectivity index (χ0v) is 9.81. The quantitative estimate of drug-likeness (QED) is 0.755. The van der Waals surface area contributed by atoms with Crippen molar-refractivity contribution < 1.29 is 19.4 Å². The molecule has 16 heavy (non-hydrogen) atoms. The van der Waals surface area contributed by atoms with Gasteiger partial charge in [0.1, 0.15) is 6.61 Å². The first-order chi connectivity index (χ1) is 7.50. The summed E-state index contributed by atoms with van der Waals surface area (Å²) >= 11 is 0. The Morgan fingerprint density at radius 2 is 2.31 bits per heavy atom. The van der Waals surface area contributed by atoms with Gasteiger partial charge >= 0.3 is 5.97 Å². The van der Waals surface area contributed by atoms with Crippen LogP contribution < -0.4 is 0 Å². The molecule has 1 heterocycles. The van der Waals surface area contributed by atoms with E-state index in [0.29, 0.717) is 25.5 Å². The molecule has 1 atom stereocenters. The van der Waals surface area contributed by atoms with Crippen molar-refractivity contribution in [1.82, 2.24) is 4.90 Å². The molecule has 0 saturated carbocycles. The summed E-state index contributed by atoms with van der Waals surface area (Å²) in [5.41, 5.74) is 0. The van der Waals surface area contributed by atoms with Gasteiger partial charge in [0.25, 0.3) is 0 Å². The Morgan fingerprint density at radius 1 is 1.62 bits per heavy atom. The largest absolute Gasteiger partial charge is 0.481 e. The summed E-state index contributed by atoms with van der Waals surface area (Å²) in [6.07, 6.45) is 0.545. The van der Waals surface area contributed by atoms with Gasteiger partial charge in [-0.3, -0.25) is 9.59 Å². The third kappa shape index (κ3) is 3.81. The number of amides is 1. The highest BCUT2D eigenvalue weighted by Crippen LogP contribution is 2.15. The van der Waals surface area contributed by atoms with Crippen molar-refractivity contribution in [3.8, 4) is 0 Å². The summed E-state index contributed by atoms with van der Waals surface area (Å²) in [4.78, 5) is 23.9. The molecule has 1 N–H and O–H groups in total. The smallest absolute Gasteiger partial charge is 0.303 e. The first kappa shape index (κ1) is 13.0. The molecule has 1 amide bonds. The molecule has 0 spiro atoms. The van der Waals surface area contributed by atoms with Crippen molar-refractivity contribution in [3.05, 3.63) is 0 Å². The fourth-order valence-electron chi connectivity index (χ4n) is 1.83. The summed E-state index contributed by atoms with van der Waals surface area (Å²) in [6.45, 7) is 5.32. The Labute approximate surface area is 95.4 Å². The molecule has 1 unspecified atom stereocenters. The van der Waals surface area contributed by atoms with E-state index in [2.05, 4.69) is 0 Å². The lowest BCUT2D eigenvalue weighted by Gasteiger charge is -2.36. The third-order valence-corrected chi connectivity index (χ3v) is 2.55.